The smallest absolute Gasteiger partial charge is 0.0633 e. The normalized spacial score (nSPS) is 12.0. The summed E-state index contributed by atoms with van der Waals surface area (Å²) in [5.74, 6) is 0. The third kappa shape index (κ3) is 16.1. The van der Waals surface area contributed by atoms with Gasteiger partial charge in [0.05, 0.1) is 5.66 Å². The first-order valence-electron chi connectivity index (χ1n) is 9.70. The van der Waals surface area contributed by atoms with Gasteiger partial charge in [0, 0.05) is 0 Å². The maximum Gasteiger partial charge on any atom is 0.0633 e. The van der Waals surface area contributed by atoms with Crippen molar-refractivity contribution in [2.24, 2.45) is 11.5 Å². The monoisotopic (exact) mass is 298 g/mol. The predicted molar refractivity (Wildman–Crippen MR) is 96.3 cm³/mol. The van der Waals surface area contributed by atoms with Gasteiger partial charge in [-0.1, -0.05) is 104 Å². The first-order chi connectivity index (χ1) is 10.1. The Morgan fingerprint density at radius 2 is 0.857 bits per heavy atom. The summed E-state index contributed by atoms with van der Waals surface area (Å²) in [7, 11) is 0. The summed E-state index contributed by atoms with van der Waals surface area (Å²) < 4.78 is 0. The maximum atomic E-state index is 5.94. The van der Waals surface area contributed by atoms with Crippen molar-refractivity contribution < 1.29 is 0 Å². The van der Waals surface area contributed by atoms with Crippen LogP contribution < -0.4 is 11.5 Å². The molecule has 0 aromatic rings. The number of nitrogens with two attached hydrogens (primary N) is 2. The molecule has 0 aliphatic carbocycles. The van der Waals surface area contributed by atoms with E-state index in [0.717, 1.165) is 12.8 Å². The maximum absolute atomic E-state index is 5.94. The highest BCUT2D eigenvalue weighted by atomic mass is 14.9. The minimum atomic E-state index is -0.420. The lowest BCUT2D eigenvalue weighted by Crippen LogP contribution is -2.48. The van der Waals surface area contributed by atoms with Gasteiger partial charge in [-0.25, -0.2) is 0 Å². The summed E-state index contributed by atoms with van der Waals surface area (Å²) in [5.41, 5.74) is 11.5. The second-order valence-electron chi connectivity index (χ2n) is 6.93. The molecule has 0 saturated carbocycles. The Kier molecular flexibility index (Phi) is 14.8. The Hall–Kier alpha value is -0.0800. The Morgan fingerprint density at radius 3 is 1.19 bits per heavy atom. The molecule has 0 aromatic carbocycles. The first kappa shape index (κ1) is 20.9. The summed E-state index contributed by atoms with van der Waals surface area (Å²) in [5, 5.41) is 0. The van der Waals surface area contributed by atoms with Crippen LogP contribution in [0.1, 0.15) is 117 Å². The van der Waals surface area contributed by atoms with Crippen LogP contribution in [0.25, 0.3) is 0 Å². The van der Waals surface area contributed by atoms with E-state index >= 15 is 0 Å². The average Bonchev–Trinajstić information content (AvgIpc) is 2.47. The van der Waals surface area contributed by atoms with Crippen LogP contribution in [-0.2, 0) is 0 Å². The van der Waals surface area contributed by atoms with Crippen LogP contribution in [0.5, 0.6) is 0 Å². The highest BCUT2D eigenvalue weighted by Gasteiger charge is 2.14. The molecule has 2 heteroatoms. The summed E-state index contributed by atoms with van der Waals surface area (Å²) in [6.07, 6.45) is 21.4. The van der Waals surface area contributed by atoms with Gasteiger partial charge in [0.1, 0.15) is 0 Å². The van der Waals surface area contributed by atoms with Crippen molar-refractivity contribution in [3.8, 4) is 0 Å². The standard InChI is InChI=1S/C19H42N2/c1-3-5-6-7-8-9-10-11-12-13-14-15-16-17-18-19(20,21)4-2/h3-18,20-21H2,1-2H3. The quantitative estimate of drug-likeness (QED) is 0.276. The Morgan fingerprint density at radius 1 is 0.524 bits per heavy atom. The van der Waals surface area contributed by atoms with E-state index < -0.39 is 5.66 Å². The molecule has 0 radical (unpaired) electrons. The Bertz CT molecular complexity index is 202. The Labute approximate surface area is 134 Å². The van der Waals surface area contributed by atoms with E-state index in [1.165, 1.54) is 89.9 Å². The van der Waals surface area contributed by atoms with Crippen LogP contribution in [0, 0.1) is 0 Å². The Balaban J connectivity index is 3.06. The van der Waals surface area contributed by atoms with Gasteiger partial charge in [-0.2, -0.15) is 0 Å². The fraction of sp³-hybridized carbons (Fsp3) is 1.00. The van der Waals surface area contributed by atoms with E-state index in [-0.39, 0.29) is 0 Å². The fourth-order valence-electron chi connectivity index (χ4n) is 2.83. The van der Waals surface area contributed by atoms with E-state index in [1.54, 1.807) is 0 Å². The zero-order valence-electron chi connectivity index (χ0n) is 15.0. The number of unbranched alkanes of at least 4 members (excludes halogenated alkanes) is 13. The zero-order chi connectivity index (χ0) is 15.8. The lowest BCUT2D eigenvalue weighted by molar-refractivity contribution is 0.374. The number of rotatable bonds is 16. The van der Waals surface area contributed by atoms with Gasteiger partial charge in [0.2, 0.25) is 0 Å². The van der Waals surface area contributed by atoms with Crippen molar-refractivity contribution in [2.75, 3.05) is 0 Å². The summed E-state index contributed by atoms with van der Waals surface area (Å²) in [4.78, 5) is 0. The van der Waals surface area contributed by atoms with E-state index in [1.807, 2.05) is 0 Å². The van der Waals surface area contributed by atoms with Crippen molar-refractivity contribution in [1.82, 2.24) is 0 Å². The lowest BCUT2D eigenvalue weighted by Gasteiger charge is -2.22. The number of hydrogen-bond acceptors (Lipinski definition) is 2. The molecule has 0 bridgehead atoms. The molecule has 0 unspecified atom stereocenters. The summed E-state index contributed by atoms with van der Waals surface area (Å²) in [6, 6.07) is 0. The molecule has 0 spiro atoms. The van der Waals surface area contributed by atoms with E-state index in [4.69, 9.17) is 11.5 Å². The lowest BCUT2D eigenvalue weighted by atomic mass is 9.99. The van der Waals surface area contributed by atoms with Crippen molar-refractivity contribution in [2.45, 2.75) is 122 Å². The van der Waals surface area contributed by atoms with Crippen LogP contribution in [-0.4, -0.2) is 5.66 Å². The molecule has 0 fully saturated rings. The summed E-state index contributed by atoms with van der Waals surface area (Å²) >= 11 is 0. The zero-order valence-corrected chi connectivity index (χ0v) is 15.0. The molecule has 0 aliphatic rings. The predicted octanol–water partition coefficient (Wildman–Crippen LogP) is 5.88. The second-order valence-corrected chi connectivity index (χ2v) is 6.93. The van der Waals surface area contributed by atoms with Crippen LogP contribution in [0.15, 0.2) is 0 Å². The van der Waals surface area contributed by atoms with Gasteiger partial charge in [0.15, 0.2) is 0 Å². The molecule has 0 amide bonds. The SMILES string of the molecule is CCCCCCCCCCCCCCCCC(N)(N)CC. The van der Waals surface area contributed by atoms with E-state index in [2.05, 4.69) is 13.8 Å². The highest BCUT2D eigenvalue weighted by Crippen LogP contribution is 2.15. The van der Waals surface area contributed by atoms with E-state index in [9.17, 15) is 0 Å². The molecule has 0 heterocycles. The fourth-order valence-corrected chi connectivity index (χ4v) is 2.83. The third-order valence-electron chi connectivity index (χ3n) is 4.65. The van der Waals surface area contributed by atoms with Gasteiger partial charge in [0.25, 0.3) is 0 Å². The highest BCUT2D eigenvalue weighted by molar-refractivity contribution is 4.73. The van der Waals surface area contributed by atoms with Gasteiger partial charge < -0.3 is 11.5 Å². The molecule has 2 nitrogen and oxygen atoms in total. The third-order valence-corrected chi connectivity index (χ3v) is 4.65. The largest absolute Gasteiger partial charge is 0.314 e. The molecule has 0 atom stereocenters. The summed E-state index contributed by atoms with van der Waals surface area (Å²) in [6.45, 7) is 4.36. The molecule has 0 rings (SSSR count). The molecule has 128 valence electrons. The molecular weight excluding hydrogens is 256 g/mol. The molecule has 4 N–H and O–H groups in total. The van der Waals surface area contributed by atoms with Crippen molar-refractivity contribution in [3.05, 3.63) is 0 Å². The van der Waals surface area contributed by atoms with Gasteiger partial charge in [-0.3, -0.25) is 0 Å². The van der Waals surface area contributed by atoms with Gasteiger partial charge in [-0.15, -0.1) is 0 Å². The van der Waals surface area contributed by atoms with Crippen LogP contribution in [0.2, 0.25) is 0 Å². The minimum Gasteiger partial charge on any atom is -0.314 e. The van der Waals surface area contributed by atoms with E-state index in [0.29, 0.717) is 0 Å². The number of hydrogen-bond donors (Lipinski definition) is 2. The minimum absolute atomic E-state index is 0.420. The molecule has 0 aromatic heterocycles. The molecular formula is C19H42N2. The molecule has 0 saturated heterocycles. The van der Waals surface area contributed by atoms with Gasteiger partial charge in [-0.05, 0) is 12.8 Å². The van der Waals surface area contributed by atoms with Crippen LogP contribution in [0.3, 0.4) is 0 Å². The van der Waals surface area contributed by atoms with Gasteiger partial charge >= 0.3 is 0 Å². The topological polar surface area (TPSA) is 52.0 Å². The van der Waals surface area contributed by atoms with Crippen molar-refractivity contribution in [1.29, 1.82) is 0 Å². The van der Waals surface area contributed by atoms with Crippen LogP contribution in [0.4, 0.5) is 0 Å². The molecule has 0 aliphatic heterocycles. The average molecular weight is 299 g/mol. The van der Waals surface area contributed by atoms with Crippen molar-refractivity contribution in [3.63, 3.8) is 0 Å². The van der Waals surface area contributed by atoms with Crippen molar-refractivity contribution >= 4 is 0 Å². The van der Waals surface area contributed by atoms with Crippen LogP contribution >= 0.6 is 0 Å². The molecule has 21 heavy (non-hydrogen) atoms. The second kappa shape index (κ2) is 14.8. The first-order valence-corrected chi connectivity index (χ1v) is 9.70.